The van der Waals surface area contributed by atoms with Crippen LogP contribution in [0.1, 0.15) is 5.56 Å². The Morgan fingerprint density at radius 2 is 2.12 bits per heavy atom. The van der Waals surface area contributed by atoms with E-state index in [1.165, 1.54) is 28.2 Å². The molecule has 0 atom stereocenters. The summed E-state index contributed by atoms with van der Waals surface area (Å²) in [5.41, 5.74) is 1.33. The lowest BCUT2D eigenvalue weighted by atomic mass is 10.2. The van der Waals surface area contributed by atoms with E-state index in [1.54, 1.807) is 25.1 Å². The Hall–Kier alpha value is -3.00. The largest absolute Gasteiger partial charge is 0.336 e. The molecule has 3 aromatic rings. The lowest BCUT2D eigenvalue weighted by Crippen LogP contribution is -2.34. The highest BCUT2D eigenvalue weighted by Gasteiger charge is 2.06. The van der Waals surface area contributed by atoms with Gasteiger partial charge in [0.25, 0.3) is 5.56 Å². The lowest BCUT2D eigenvalue weighted by molar-refractivity contribution is 0.251. The average molecular weight is 372 g/mol. The first-order chi connectivity index (χ1) is 12.5. The topological polar surface area (TPSA) is 76.0 Å². The summed E-state index contributed by atoms with van der Waals surface area (Å²) in [5, 5.41) is 11.4. The highest BCUT2D eigenvalue weighted by atomic mass is 32.1. The van der Waals surface area contributed by atoms with Crippen molar-refractivity contribution < 1.29 is 9.18 Å². The van der Waals surface area contributed by atoms with Gasteiger partial charge in [-0.25, -0.2) is 13.9 Å². The Bertz CT molecular complexity index is 970. The van der Waals surface area contributed by atoms with Gasteiger partial charge in [0.1, 0.15) is 11.5 Å². The van der Waals surface area contributed by atoms with E-state index in [1.807, 2.05) is 17.5 Å². The number of hydrogen-bond acceptors (Lipinski definition) is 4. The molecule has 0 fully saturated rings. The summed E-state index contributed by atoms with van der Waals surface area (Å²) in [5.74, 6) is -0.385. The first-order valence-electron chi connectivity index (χ1n) is 7.96. The van der Waals surface area contributed by atoms with Crippen molar-refractivity contribution in [3.63, 3.8) is 0 Å². The molecule has 0 spiro atoms. The molecule has 134 valence electrons. The van der Waals surface area contributed by atoms with E-state index >= 15 is 0 Å². The Morgan fingerprint density at radius 1 is 1.27 bits per heavy atom. The number of nitrogens with one attached hydrogen (secondary N) is 2. The Labute approximate surface area is 153 Å². The van der Waals surface area contributed by atoms with Crippen LogP contribution < -0.4 is 16.2 Å². The van der Waals surface area contributed by atoms with Gasteiger partial charge in [-0.2, -0.15) is 5.10 Å². The third kappa shape index (κ3) is 4.34. The standard InChI is InChI=1S/C18H17FN4O2S/c1-12-4-5-13(11-14(12)19)21-18(25)20-8-9-23-17(24)7-6-15(22-23)16-3-2-10-26-16/h2-7,10-11H,8-9H2,1H3,(H2,20,21,25). The van der Waals surface area contributed by atoms with Gasteiger partial charge in [-0.1, -0.05) is 12.1 Å². The smallest absolute Gasteiger partial charge is 0.319 e. The van der Waals surface area contributed by atoms with E-state index in [0.717, 1.165) is 4.88 Å². The second kappa shape index (κ2) is 7.92. The highest BCUT2D eigenvalue weighted by Crippen LogP contribution is 2.21. The highest BCUT2D eigenvalue weighted by molar-refractivity contribution is 7.13. The van der Waals surface area contributed by atoms with Crippen LogP contribution in [0.4, 0.5) is 14.9 Å². The van der Waals surface area contributed by atoms with E-state index in [9.17, 15) is 14.0 Å². The number of anilines is 1. The van der Waals surface area contributed by atoms with Crippen molar-refractivity contribution in [1.29, 1.82) is 0 Å². The lowest BCUT2D eigenvalue weighted by Gasteiger charge is -2.09. The maximum absolute atomic E-state index is 13.5. The SMILES string of the molecule is Cc1ccc(NC(=O)NCCn2nc(-c3cccs3)ccc2=O)cc1F. The van der Waals surface area contributed by atoms with Crippen molar-refractivity contribution in [2.75, 3.05) is 11.9 Å². The van der Waals surface area contributed by atoms with Crippen LogP contribution in [0.25, 0.3) is 10.6 Å². The van der Waals surface area contributed by atoms with Crippen LogP contribution >= 0.6 is 11.3 Å². The quantitative estimate of drug-likeness (QED) is 0.722. The fraction of sp³-hybridized carbons (Fsp3) is 0.167. The van der Waals surface area contributed by atoms with Crippen molar-refractivity contribution in [1.82, 2.24) is 15.1 Å². The zero-order valence-electron chi connectivity index (χ0n) is 14.0. The van der Waals surface area contributed by atoms with E-state index < -0.39 is 6.03 Å². The Kier molecular flexibility index (Phi) is 5.43. The average Bonchev–Trinajstić information content (AvgIpc) is 3.14. The van der Waals surface area contributed by atoms with Gasteiger partial charge in [-0.05, 0) is 42.1 Å². The number of urea groups is 1. The van der Waals surface area contributed by atoms with Crippen LogP contribution in [0.15, 0.2) is 52.6 Å². The number of aromatic nitrogens is 2. The first kappa shape index (κ1) is 17.8. The zero-order valence-corrected chi connectivity index (χ0v) is 14.8. The van der Waals surface area contributed by atoms with Crippen molar-refractivity contribution in [3.05, 3.63) is 69.6 Å². The monoisotopic (exact) mass is 372 g/mol. The van der Waals surface area contributed by atoms with Crippen LogP contribution in [0.2, 0.25) is 0 Å². The second-order valence-corrected chi connectivity index (χ2v) is 6.55. The van der Waals surface area contributed by atoms with Gasteiger partial charge in [0.05, 0.1) is 11.4 Å². The number of halogens is 1. The summed E-state index contributed by atoms with van der Waals surface area (Å²) >= 11 is 1.53. The van der Waals surface area contributed by atoms with Crippen molar-refractivity contribution >= 4 is 23.1 Å². The molecule has 0 saturated heterocycles. The predicted molar refractivity (Wildman–Crippen MR) is 100.0 cm³/mol. The number of rotatable bonds is 5. The molecule has 0 aliphatic rings. The second-order valence-electron chi connectivity index (χ2n) is 5.60. The number of nitrogens with zero attached hydrogens (tertiary/aromatic N) is 2. The van der Waals surface area contributed by atoms with E-state index in [2.05, 4.69) is 15.7 Å². The normalized spacial score (nSPS) is 10.5. The third-order valence-electron chi connectivity index (χ3n) is 3.68. The van der Waals surface area contributed by atoms with E-state index in [4.69, 9.17) is 0 Å². The number of carbonyl (C=O) groups is 1. The molecule has 26 heavy (non-hydrogen) atoms. The summed E-state index contributed by atoms with van der Waals surface area (Å²) in [7, 11) is 0. The summed E-state index contributed by atoms with van der Waals surface area (Å²) in [6.07, 6.45) is 0. The molecule has 0 unspecified atom stereocenters. The molecule has 2 aromatic heterocycles. The number of carbonyl (C=O) groups excluding carboxylic acids is 1. The number of benzene rings is 1. The molecule has 0 radical (unpaired) electrons. The van der Waals surface area contributed by atoms with Crippen LogP contribution in [0, 0.1) is 12.7 Å². The van der Waals surface area contributed by atoms with Crippen LogP contribution in [0.5, 0.6) is 0 Å². The van der Waals surface area contributed by atoms with Gasteiger partial charge >= 0.3 is 6.03 Å². The fourth-order valence-electron chi connectivity index (χ4n) is 2.29. The minimum atomic E-state index is -0.476. The molecule has 8 heteroatoms. The minimum Gasteiger partial charge on any atom is -0.336 e. The van der Waals surface area contributed by atoms with Gasteiger partial charge in [-0.15, -0.1) is 11.3 Å². The van der Waals surface area contributed by atoms with Gasteiger partial charge < -0.3 is 10.6 Å². The van der Waals surface area contributed by atoms with Crippen LogP contribution in [-0.2, 0) is 6.54 Å². The number of hydrogen-bond donors (Lipinski definition) is 2. The van der Waals surface area contributed by atoms with Crippen molar-refractivity contribution in [2.45, 2.75) is 13.5 Å². The third-order valence-corrected chi connectivity index (χ3v) is 4.57. The fourth-order valence-corrected chi connectivity index (χ4v) is 2.98. The summed E-state index contributed by atoms with van der Waals surface area (Å²) in [6, 6.07) is 11.0. The van der Waals surface area contributed by atoms with Gasteiger partial charge in [-0.3, -0.25) is 4.79 Å². The molecular weight excluding hydrogens is 355 g/mol. The molecule has 0 aliphatic carbocycles. The molecule has 2 amide bonds. The minimum absolute atomic E-state index is 0.209. The Balaban J connectivity index is 1.57. The van der Waals surface area contributed by atoms with Crippen molar-refractivity contribution in [3.8, 4) is 10.6 Å². The number of amides is 2. The molecule has 0 bridgehead atoms. The molecular formula is C18H17FN4O2S. The zero-order chi connectivity index (χ0) is 18.5. The molecule has 2 N–H and O–H groups in total. The summed E-state index contributed by atoms with van der Waals surface area (Å²) in [6.45, 7) is 2.09. The number of aryl methyl sites for hydroxylation is 1. The van der Waals surface area contributed by atoms with Crippen LogP contribution in [-0.4, -0.2) is 22.4 Å². The van der Waals surface area contributed by atoms with Gasteiger partial charge in [0.15, 0.2) is 0 Å². The predicted octanol–water partition coefficient (Wildman–Crippen LogP) is 3.24. The van der Waals surface area contributed by atoms with Gasteiger partial charge in [0.2, 0.25) is 0 Å². The van der Waals surface area contributed by atoms with Crippen LogP contribution in [0.3, 0.4) is 0 Å². The summed E-state index contributed by atoms with van der Waals surface area (Å²) in [4.78, 5) is 24.8. The molecule has 6 nitrogen and oxygen atoms in total. The maximum Gasteiger partial charge on any atom is 0.319 e. The summed E-state index contributed by atoms with van der Waals surface area (Å²) < 4.78 is 14.8. The van der Waals surface area contributed by atoms with E-state index in [0.29, 0.717) is 16.9 Å². The Morgan fingerprint density at radius 3 is 2.85 bits per heavy atom. The number of thiophene rings is 1. The van der Waals surface area contributed by atoms with E-state index in [-0.39, 0.29) is 24.5 Å². The molecule has 1 aromatic carbocycles. The molecule has 3 rings (SSSR count). The van der Waals surface area contributed by atoms with Crippen molar-refractivity contribution in [2.24, 2.45) is 0 Å². The van der Waals surface area contributed by atoms with Gasteiger partial charge in [0, 0.05) is 18.3 Å². The first-order valence-corrected chi connectivity index (χ1v) is 8.84. The molecule has 0 aliphatic heterocycles. The molecule has 0 saturated carbocycles. The maximum atomic E-state index is 13.5. The molecule has 2 heterocycles.